The minimum atomic E-state index is -3.50. The molecule has 1 aromatic rings. The second-order valence-corrected chi connectivity index (χ2v) is 8.61. The van der Waals surface area contributed by atoms with Gasteiger partial charge in [0, 0.05) is 24.6 Å². The predicted molar refractivity (Wildman–Crippen MR) is 80.8 cm³/mol. The fraction of sp³-hybridized carbons (Fsp3) is 0.636. The largest absolute Gasteiger partial charge is 0.380 e. The highest BCUT2D eigenvalue weighted by Gasteiger charge is 2.20. The number of rotatable bonds is 8. The third kappa shape index (κ3) is 5.49. The van der Waals surface area contributed by atoms with Gasteiger partial charge in [-0.2, -0.15) is 0 Å². The van der Waals surface area contributed by atoms with Crippen LogP contribution in [0, 0.1) is 5.92 Å². The third-order valence-electron chi connectivity index (χ3n) is 2.19. The Bertz CT molecular complexity index is 500. The summed E-state index contributed by atoms with van der Waals surface area (Å²) in [4.78, 5) is 1.06. The fourth-order valence-corrected chi connectivity index (χ4v) is 4.90. The molecule has 0 spiro atoms. The van der Waals surface area contributed by atoms with Gasteiger partial charge in [-0.05, 0) is 27.9 Å². The van der Waals surface area contributed by atoms with E-state index < -0.39 is 10.0 Å². The highest BCUT2D eigenvalue weighted by atomic mass is 79.9. The van der Waals surface area contributed by atoms with E-state index in [1.165, 1.54) is 11.3 Å². The van der Waals surface area contributed by atoms with Gasteiger partial charge in [0.25, 0.3) is 0 Å². The van der Waals surface area contributed by atoms with Crippen molar-refractivity contribution in [3.05, 3.63) is 14.7 Å². The Hall–Kier alpha value is 0.01000. The van der Waals surface area contributed by atoms with Gasteiger partial charge < -0.3 is 10.5 Å². The van der Waals surface area contributed by atoms with Gasteiger partial charge in [-0.15, -0.1) is 11.3 Å². The van der Waals surface area contributed by atoms with Crippen molar-refractivity contribution in [3.8, 4) is 0 Å². The molecule has 8 heteroatoms. The molecule has 0 atom stereocenters. The van der Waals surface area contributed by atoms with Crippen molar-refractivity contribution in [2.75, 3.05) is 19.8 Å². The standard InChI is InChI=1S/C11H19BrN2O3S2/c1-8(2)7-17-4-3-14-19(15,16)10-5-9(6-13)18-11(10)12/h5,8,14H,3-4,6-7,13H2,1-2H3. The summed E-state index contributed by atoms with van der Waals surface area (Å²) >= 11 is 4.58. The normalized spacial score (nSPS) is 12.3. The summed E-state index contributed by atoms with van der Waals surface area (Å²) in [7, 11) is -3.50. The SMILES string of the molecule is CC(C)COCCNS(=O)(=O)c1cc(CN)sc1Br. The Balaban J connectivity index is 2.53. The predicted octanol–water partition coefficient (Wildman–Crippen LogP) is 1.92. The Labute approximate surface area is 126 Å². The quantitative estimate of drug-likeness (QED) is 0.684. The van der Waals surface area contributed by atoms with Gasteiger partial charge in [0.05, 0.1) is 10.4 Å². The maximum Gasteiger partial charge on any atom is 0.242 e. The van der Waals surface area contributed by atoms with Crippen LogP contribution >= 0.6 is 27.3 Å². The molecule has 0 aromatic carbocycles. The Morgan fingerprint density at radius 3 is 2.74 bits per heavy atom. The van der Waals surface area contributed by atoms with Crippen molar-refractivity contribution in [2.24, 2.45) is 11.7 Å². The lowest BCUT2D eigenvalue weighted by Crippen LogP contribution is -2.27. The monoisotopic (exact) mass is 370 g/mol. The smallest absolute Gasteiger partial charge is 0.242 e. The van der Waals surface area contributed by atoms with Gasteiger partial charge in [0.15, 0.2) is 0 Å². The van der Waals surface area contributed by atoms with Gasteiger partial charge >= 0.3 is 0 Å². The molecule has 0 unspecified atom stereocenters. The lowest BCUT2D eigenvalue weighted by molar-refractivity contribution is 0.114. The van der Waals surface area contributed by atoms with Crippen LogP contribution in [0.5, 0.6) is 0 Å². The molecule has 0 fully saturated rings. The lowest BCUT2D eigenvalue weighted by Gasteiger charge is -2.08. The highest BCUT2D eigenvalue weighted by Crippen LogP contribution is 2.31. The zero-order valence-electron chi connectivity index (χ0n) is 11.0. The lowest BCUT2D eigenvalue weighted by atomic mass is 10.2. The number of nitrogens with two attached hydrogens (primary N) is 1. The van der Waals surface area contributed by atoms with E-state index in [1.807, 2.05) is 13.8 Å². The van der Waals surface area contributed by atoms with E-state index in [2.05, 4.69) is 20.7 Å². The molecule has 0 aliphatic carbocycles. The average Bonchev–Trinajstić information content (AvgIpc) is 2.70. The molecule has 3 N–H and O–H groups in total. The number of hydrogen-bond acceptors (Lipinski definition) is 5. The summed E-state index contributed by atoms with van der Waals surface area (Å²) in [5.41, 5.74) is 5.50. The van der Waals surface area contributed by atoms with Crippen LogP contribution in [0.4, 0.5) is 0 Å². The molecule has 0 saturated heterocycles. The molecular weight excluding hydrogens is 352 g/mol. The van der Waals surface area contributed by atoms with Crippen LogP contribution in [0.1, 0.15) is 18.7 Å². The molecule has 0 aliphatic rings. The number of sulfonamides is 1. The number of hydrogen-bond donors (Lipinski definition) is 2. The Morgan fingerprint density at radius 1 is 1.53 bits per heavy atom. The maximum atomic E-state index is 12.0. The van der Waals surface area contributed by atoms with Crippen molar-refractivity contribution in [2.45, 2.75) is 25.3 Å². The zero-order chi connectivity index (χ0) is 14.5. The van der Waals surface area contributed by atoms with E-state index in [0.717, 1.165) is 4.88 Å². The number of nitrogens with one attached hydrogen (secondary N) is 1. The molecule has 1 heterocycles. The molecule has 0 amide bonds. The minimum Gasteiger partial charge on any atom is -0.380 e. The summed E-state index contributed by atoms with van der Waals surface area (Å²) < 4.78 is 32.5. The van der Waals surface area contributed by atoms with Crippen molar-refractivity contribution in [1.29, 1.82) is 0 Å². The first-order valence-electron chi connectivity index (χ1n) is 5.92. The first-order valence-corrected chi connectivity index (χ1v) is 9.01. The second-order valence-electron chi connectivity index (χ2n) is 4.42. The fourth-order valence-electron chi connectivity index (χ4n) is 1.33. The molecule has 0 saturated carbocycles. The topological polar surface area (TPSA) is 81.4 Å². The van der Waals surface area contributed by atoms with E-state index in [0.29, 0.717) is 29.5 Å². The molecule has 1 aromatic heterocycles. The first kappa shape index (κ1) is 17.1. The second kappa shape index (κ2) is 7.70. The average molecular weight is 371 g/mol. The minimum absolute atomic E-state index is 0.238. The van der Waals surface area contributed by atoms with Crippen molar-refractivity contribution < 1.29 is 13.2 Å². The summed E-state index contributed by atoms with van der Waals surface area (Å²) in [5.74, 6) is 0.440. The third-order valence-corrected chi connectivity index (χ3v) is 5.92. The first-order chi connectivity index (χ1) is 8.86. The van der Waals surface area contributed by atoms with Crippen LogP contribution in [0.25, 0.3) is 0 Å². The molecular formula is C11H19BrN2O3S2. The van der Waals surface area contributed by atoms with Gasteiger partial charge in [-0.1, -0.05) is 13.8 Å². The molecule has 0 bridgehead atoms. The van der Waals surface area contributed by atoms with Crippen molar-refractivity contribution >= 4 is 37.3 Å². The number of thiophene rings is 1. The number of ether oxygens (including phenoxy) is 1. The van der Waals surface area contributed by atoms with E-state index in [9.17, 15) is 8.42 Å². The molecule has 5 nitrogen and oxygen atoms in total. The van der Waals surface area contributed by atoms with Gasteiger partial charge in [0.1, 0.15) is 4.90 Å². The van der Waals surface area contributed by atoms with Crippen molar-refractivity contribution in [3.63, 3.8) is 0 Å². The molecule has 19 heavy (non-hydrogen) atoms. The summed E-state index contributed by atoms with van der Waals surface area (Å²) in [6.07, 6.45) is 0. The summed E-state index contributed by atoms with van der Waals surface area (Å²) in [5, 5.41) is 0. The van der Waals surface area contributed by atoms with E-state index >= 15 is 0 Å². The van der Waals surface area contributed by atoms with Crippen molar-refractivity contribution in [1.82, 2.24) is 4.72 Å². The molecule has 0 radical (unpaired) electrons. The van der Waals surface area contributed by atoms with Crippen LogP contribution in [0.3, 0.4) is 0 Å². The van der Waals surface area contributed by atoms with Crippen LogP contribution in [0.15, 0.2) is 14.7 Å². The van der Waals surface area contributed by atoms with Crippen LogP contribution in [0.2, 0.25) is 0 Å². The maximum absolute atomic E-state index is 12.0. The van der Waals surface area contributed by atoms with Crippen LogP contribution < -0.4 is 10.5 Å². The van der Waals surface area contributed by atoms with Gasteiger partial charge in [-0.3, -0.25) is 0 Å². The van der Waals surface area contributed by atoms with Gasteiger partial charge in [0.2, 0.25) is 10.0 Å². The number of halogens is 1. The highest BCUT2D eigenvalue weighted by molar-refractivity contribution is 9.11. The Morgan fingerprint density at radius 2 is 2.21 bits per heavy atom. The van der Waals surface area contributed by atoms with Gasteiger partial charge in [-0.25, -0.2) is 13.1 Å². The molecule has 1 rings (SSSR count). The summed E-state index contributed by atoms with van der Waals surface area (Å²) in [6, 6.07) is 1.59. The molecule has 110 valence electrons. The van der Waals surface area contributed by atoms with Crippen LogP contribution in [-0.2, 0) is 21.3 Å². The van der Waals surface area contributed by atoms with E-state index in [-0.39, 0.29) is 11.4 Å². The zero-order valence-corrected chi connectivity index (χ0v) is 14.2. The summed E-state index contributed by atoms with van der Waals surface area (Å²) in [6.45, 7) is 5.66. The van der Waals surface area contributed by atoms with E-state index in [4.69, 9.17) is 10.5 Å². The Kier molecular flexibility index (Phi) is 6.92. The van der Waals surface area contributed by atoms with E-state index in [1.54, 1.807) is 6.07 Å². The van der Waals surface area contributed by atoms with Crippen LogP contribution in [-0.4, -0.2) is 28.2 Å². The molecule has 0 aliphatic heterocycles.